The summed E-state index contributed by atoms with van der Waals surface area (Å²) >= 11 is 0. The van der Waals surface area contributed by atoms with Crippen molar-refractivity contribution in [1.82, 2.24) is 9.21 Å². The van der Waals surface area contributed by atoms with Crippen molar-refractivity contribution in [3.63, 3.8) is 0 Å². The third-order valence-corrected chi connectivity index (χ3v) is 5.99. The number of rotatable bonds is 6. The summed E-state index contributed by atoms with van der Waals surface area (Å²) in [5.41, 5.74) is 6.31. The molecule has 0 saturated carbocycles. The minimum atomic E-state index is -3.26. The molecule has 1 amide bonds. The van der Waals surface area contributed by atoms with Crippen molar-refractivity contribution in [1.29, 1.82) is 0 Å². The number of carbonyl (C=O) groups excluding carboxylic acids is 1. The maximum absolute atomic E-state index is 12.4. The van der Waals surface area contributed by atoms with Crippen LogP contribution in [0.15, 0.2) is 30.3 Å². The molecule has 2 N–H and O–H groups in total. The molecular formula is C15H23N3O3S. The fraction of sp³-hybridized carbons (Fsp3) is 0.533. The van der Waals surface area contributed by atoms with Crippen LogP contribution in [0.4, 0.5) is 0 Å². The average Bonchev–Trinajstić information content (AvgIpc) is 2.53. The van der Waals surface area contributed by atoms with Gasteiger partial charge in [-0.15, -0.1) is 0 Å². The summed E-state index contributed by atoms with van der Waals surface area (Å²) in [6.45, 7) is 3.65. The van der Waals surface area contributed by atoms with Gasteiger partial charge in [-0.3, -0.25) is 9.69 Å². The van der Waals surface area contributed by atoms with Gasteiger partial charge in [-0.1, -0.05) is 30.3 Å². The first-order valence-corrected chi connectivity index (χ1v) is 9.06. The first-order chi connectivity index (χ1) is 10.4. The van der Waals surface area contributed by atoms with Gasteiger partial charge in [-0.05, 0) is 18.9 Å². The fourth-order valence-electron chi connectivity index (χ4n) is 2.57. The van der Waals surface area contributed by atoms with Gasteiger partial charge in [0.15, 0.2) is 0 Å². The number of aryl methyl sites for hydroxylation is 1. The van der Waals surface area contributed by atoms with Crippen molar-refractivity contribution in [2.24, 2.45) is 5.73 Å². The molecule has 1 saturated heterocycles. The molecule has 1 aliphatic rings. The Hall–Kier alpha value is -1.44. The number of sulfonamides is 1. The van der Waals surface area contributed by atoms with Gasteiger partial charge in [-0.2, -0.15) is 4.31 Å². The highest BCUT2D eigenvalue weighted by Gasteiger charge is 2.29. The predicted octanol–water partition coefficient (Wildman–Crippen LogP) is 0.0503. The number of piperazine rings is 1. The number of primary amides is 1. The highest BCUT2D eigenvalue weighted by atomic mass is 32.2. The number of carbonyl (C=O) groups is 1. The van der Waals surface area contributed by atoms with E-state index in [9.17, 15) is 13.2 Å². The second kappa shape index (κ2) is 7.21. The lowest BCUT2D eigenvalue weighted by molar-refractivity contribution is -0.123. The molecule has 0 radical (unpaired) electrons. The minimum absolute atomic E-state index is 0.113. The van der Waals surface area contributed by atoms with Crippen LogP contribution in [0.5, 0.6) is 0 Å². The van der Waals surface area contributed by atoms with Crippen molar-refractivity contribution < 1.29 is 13.2 Å². The maximum atomic E-state index is 12.4. The Balaban J connectivity index is 1.88. The molecule has 1 atom stereocenters. The van der Waals surface area contributed by atoms with Crippen LogP contribution in [0.2, 0.25) is 0 Å². The van der Waals surface area contributed by atoms with Crippen LogP contribution in [0, 0.1) is 0 Å². The summed E-state index contributed by atoms with van der Waals surface area (Å²) in [5.74, 6) is -0.261. The molecule has 1 aromatic carbocycles. The van der Waals surface area contributed by atoms with E-state index in [4.69, 9.17) is 5.73 Å². The summed E-state index contributed by atoms with van der Waals surface area (Å²) in [7, 11) is -3.26. The van der Waals surface area contributed by atoms with Crippen LogP contribution in [0.1, 0.15) is 12.5 Å². The van der Waals surface area contributed by atoms with E-state index in [2.05, 4.69) is 0 Å². The Morgan fingerprint density at radius 1 is 1.18 bits per heavy atom. The van der Waals surface area contributed by atoms with Gasteiger partial charge in [0, 0.05) is 26.2 Å². The SMILES string of the molecule is CC(C(N)=O)N1CCN(S(=O)(=O)CCc2ccccc2)CC1. The molecule has 0 aromatic heterocycles. The van der Waals surface area contributed by atoms with E-state index in [1.165, 1.54) is 4.31 Å². The van der Waals surface area contributed by atoms with Gasteiger partial charge in [0.1, 0.15) is 0 Å². The standard InChI is InChI=1S/C15H23N3O3S/c1-13(15(16)19)17-8-10-18(11-9-17)22(20,21)12-7-14-5-3-2-4-6-14/h2-6,13H,7-12H2,1H3,(H2,16,19). The quantitative estimate of drug-likeness (QED) is 0.801. The molecule has 0 spiro atoms. The highest BCUT2D eigenvalue weighted by Crippen LogP contribution is 2.12. The van der Waals surface area contributed by atoms with E-state index in [0.717, 1.165) is 5.56 Å². The first-order valence-electron chi connectivity index (χ1n) is 7.45. The Morgan fingerprint density at radius 3 is 2.32 bits per heavy atom. The van der Waals surface area contributed by atoms with E-state index in [0.29, 0.717) is 32.6 Å². The number of nitrogens with two attached hydrogens (primary N) is 1. The molecule has 1 aliphatic heterocycles. The van der Waals surface area contributed by atoms with Gasteiger partial charge in [-0.25, -0.2) is 8.42 Å². The smallest absolute Gasteiger partial charge is 0.234 e. The van der Waals surface area contributed by atoms with Gasteiger partial charge in [0.25, 0.3) is 0 Å². The topological polar surface area (TPSA) is 83.7 Å². The molecule has 7 heteroatoms. The minimum Gasteiger partial charge on any atom is -0.368 e. The Kier molecular flexibility index (Phi) is 5.55. The number of nitrogens with zero attached hydrogens (tertiary/aromatic N) is 2. The fourth-order valence-corrected chi connectivity index (χ4v) is 4.04. The van der Waals surface area contributed by atoms with Crippen molar-refractivity contribution in [3.8, 4) is 0 Å². The summed E-state index contributed by atoms with van der Waals surface area (Å²) in [6.07, 6.45) is 0.515. The van der Waals surface area contributed by atoms with Crippen LogP contribution >= 0.6 is 0 Å². The lowest BCUT2D eigenvalue weighted by atomic mass is 10.2. The number of benzene rings is 1. The molecule has 1 fully saturated rings. The van der Waals surface area contributed by atoms with Gasteiger partial charge in [0.05, 0.1) is 11.8 Å². The van der Waals surface area contributed by atoms with Gasteiger partial charge >= 0.3 is 0 Å². The number of hydrogen-bond acceptors (Lipinski definition) is 4. The Bertz CT molecular complexity index is 596. The third-order valence-electron chi connectivity index (χ3n) is 4.12. The van der Waals surface area contributed by atoms with E-state index in [1.54, 1.807) is 6.92 Å². The molecule has 6 nitrogen and oxygen atoms in total. The monoisotopic (exact) mass is 325 g/mol. The molecule has 1 aromatic rings. The van der Waals surface area contributed by atoms with E-state index in [-0.39, 0.29) is 17.7 Å². The normalized spacial score (nSPS) is 19.0. The third kappa shape index (κ3) is 4.28. The van der Waals surface area contributed by atoms with Crippen molar-refractivity contribution in [2.75, 3.05) is 31.9 Å². The lowest BCUT2D eigenvalue weighted by Gasteiger charge is -2.36. The zero-order valence-corrected chi connectivity index (χ0v) is 13.6. The second-order valence-electron chi connectivity index (χ2n) is 5.56. The van der Waals surface area contributed by atoms with Crippen molar-refractivity contribution in [2.45, 2.75) is 19.4 Å². The maximum Gasteiger partial charge on any atom is 0.234 e. The summed E-state index contributed by atoms with van der Waals surface area (Å²) < 4.78 is 26.3. The second-order valence-corrected chi connectivity index (χ2v) is 7.65. The highest BCUT2D eigenvalue weighted by molar-refractivity contribution is 7.89. The van der Waals surface area contributed by atoms with Gasteiger partial charge in [0.2, 0.25) is 15.9 Å². The summed E-state index contributed by atoms with van der Waals surface area (Å²) in [5, 5.41) is 0. The molecule has 0 aliphatic carbocycles. The van der Waals surface area contributed by atoms with Crippen LogP contribution in [0.3, 0.4) is 0 Å². The summed E-state index contributed by atoms with van der Waals surface area (Å²) in [4.78, 5) is 13.1. The first kappa shape index (κ1) is 16.9. The van der Waals surface area contributed by atoms with E-state index < -0.39 is 10.0 Å². The lowest BCUT2D eigenvalue weighted by Crippen LogP contribution is -2.54. The van der Waals surface area contributed by atoms with E-state index >= 15 is 0 Å². The van der Waals surface area contributed by atoms with Crippen molar-refractivity contribution in [3.05, 3.63) is 35.9 Å². The van der Waals surface area contributed by atoms with Crippen LogP contribution in [-0.4, -0.2) is 61.5 Å². The zero-order chi connectivity index (χ0) is 16.2. The zero-order valence-electron chi connectivity index (χ0n) is 12.8. The van der Waals surface area contributed by atoms with Crippen LogP contribution in [0.25, 0.3) is 0 Å². The summed E-state index contributed by atoms with van der Waals surface area (Å²) in [6, 6.07) is 9.24. The molecule has 0 bridgehead atoms. The molecular weight excluding hydrogens is 302 g/mol. The number of amides is 1. The average molecular weight is 325 g/mol. The molecule has 1 heterocycles. The predicted molar refractivity (Wildman–Crippen MR) is 85.7 cm³/mol. The largest absolute Gasteiger partial charge is 0.368 e. The number of hydrogen-bond donors (Lipinski definition) is 1. The molecule has 2 rings (SSSR count). The van der Waals surface area contributed by atoms with Crippen LogP contribution < -0.4 is 5.73 Å². The molecule has 1 unspecified atom stereocenters. The van der Waals surface area contributed by atoms with E-state index in [1.807, 2.05) is 35.2 Å². The Morgan fingerprint density at radius 2 is 1.77 bits per heavy atom. The molecule has 122 valence electrons. The Labute approximate surface area is 131 Å². The van der Waals surface area contributed by atoms with Crippen molar-refractivity contribution >= 4 is 15.9 Å². The van der Waals surface area contributed by atoms with Gasteiger partial charge < -0.3 is 5.73 Å². The molecule has 22 heavy (non-hydrogen) atoms. The van der Waals surface area contributed by atoms with Crippen LogP contribution in [-0.2, 0) is 21.2 Å².